The van der Waals surface area contributed by atoms with Gasteiger partial charge in [0.15, 0.2) is 11.6 Å². The predicted octanol–water partition coefficient (Wildman–Crippen LogP) is 3.02. The fourth-order valence-electron chi connectivity index (χ4n) is 1.56. The van der Waals surface area contributed by atoms with Crippen molar-refractivity contribution >= 4 is 24.0 Å². The standard InChI is InChI=1S/C10H11ClFNO.ClH/c11-6-3-4-7(12)10(14)8(6)9(13)5-1-2-5;/h3-5,9,14H,1-2,13H2;1H/t9-;/m0./s1. The van der Waals surface area contributed by atoms with E-state index in [0.717, 1.165) is 18.9 Å². The molecule has 1 fully saturated rings. The van der Waals surface area contributed by atoms with Crippen molar-refractivity contribution in [2.75, 3.05) is 0 Å². The van der Waals surface area contributed by atoms with E-state index in [4.69, 9.17) is 17.3 Å². The molecule has 1 atom stereocenters. The van der Waals surface area contributed by atoms with E-state index in [0.29, 0.717) is 16.5 Å². The van der Waals surface area contributed by atoms with Crippen molar-refractivity contribution in [1.29, 1.82) is 0 Å². The lowest BCUT2D eigenvalue weighted by atomic mass is 10.0. The van der Waals surface area contributed by atoms with Crippen LogP contribution >= 0.6 is 24.0 Å². The molecule has 1 aromatic rings. The molecule has 0 heterocycles. The molecule has 1 aromatic carbocycles. The minimum Gasteiger partial charge on any atom is -0.505 e. The molecule has 84 valence electrons. The largest absolute Gasteiger partial charge is 0.505 e. The molecule has 0 aromatic heterocycles. The summed E-state index contributed by atoms with van der Waals surface area (Å²) in [4.78, 5) is 0. The smallest absolute Gasteiger partial charge is 0.165 e. The van der Waals surface area contributed by atoms with Gasteiger partial charge in [0, 0.05) is 16.6 Å². The maximum Gasteiger partial charge on any atom is 0.165 e. The Labute approximate surface area is 98.6 Å². The van der Waals surface area contributed by atoms with Crippen LogP contribution in [-0.4, -0.2) is 5.11 Å². The Hall–Kier alpha value is -0.510. The summed E-state index contributed by atoms with van der Waals surface area (Å²) in [5, 5.41) is 9.82. The summed E-state index contributed by atoms with van der Waals surface area (Å²) in [6, 6.07) is 2.22. The number of hydrogen-bond acceptors (Lipinski definition) is 2. The molecule has 2 nitrogen and oxygen atoms in total. The van der Waals surface area contributed by atoms with Crippen LogP contribution in [0.15, 0.2) is 12.1 Å². The molecular weight excluding hydrogens is 240 g/mol. The van der Waals surface area contributed by atoms with E-state index in [2.05, 4.69) is 0 Å². The Kier molecular flexibility index (Phi) is 3.82. The summed E-state index contributed by atoms with van der Waals surface area (Å²) in [6.45, 7) is 0. The average Bonchev–Trinajstić information content (AvgIpc) is 2.95. The first-order valence-corrected chi connectivity index (χ1v) is 4.91. The highest BCUT2D eigenvalue weighted by molar-refractivity contribution is 6.31. The molecule has 1 aliphatic carbocycles. The lowest BCUT2D eigenvalue weighted by Gasteiger charge is -2.14. The highest BCUT2D eigenvalue weighted by atomic mass is 35.5. The van der Waals surface area contributed by atoms with E-state index >= 15 is 0 Å². The average molecular weight is 252 g/mol. The molecule has 0 radical (unpaired) electrons. The van der Waals surface area contributed by atoms with Gasteiger partial charge in [-0.1, -0.05) is 11.6 Å². The van der Waals surface area contributed by atoms with Crippen LogP contribution in [0.4, 0.5) is 4.39 Å². The van der Waals surface area contributed by atoms with Crippen LogP contribution in [0.25, 0.3) is 0 Å². The molecule has 1 aliphatic rings. The Morgan fingerprint density at radius 2 is 2.07 bits per heavy atom. The van der Waals surface area contributed by atoms with E-state index in [1.807, 2.05) is 0 Å². The second-order valence-corrected chi connectivity index (χ2v) is 4.06. The summed E-state index contributed by atoms with van der Waals surface area (Å²) in [5.41, 5.74) is 6.20. The van der Waals surface area contributed by atoms with E-state index in [9.17, 15) is 9.50 Å². The van der Waals surface area contributed by atoms with Crippen LogP contribution in [0.1, 0.15) is 24.4 Å². The lowest BCUT2D eigenvalue weighted by molar-refractivity contribution is 0.417. The van der Waals surface area contributed by atoms with Crippen LogP contribution in [-0.2, 0) is 0 Å². The molecule has 3 N–H and O–H groups in total. The molecule has 0 saturated heterocycles. The summed E-state index contributed by atoms with van der Waals surface area (Å²) in [7, 11) is 0. The first-order chi connectivity index (χ1) is 6.61. The number of nitrogens with two attached hydrogens (primary N) is 1. The van der Waals surface area contributed by atoms with Gasteiger partial charge >= 0.3 is 0 Å². The maximum absolute atomic E-state index is 13.0. The van der Waals surface area contributed by atoms with Crippen molar-refractivity contribution in [3.63, 3.8) is 0 Å². The molecule has 15 heavy (non-hydrogen) atoms. The Morgan fingerprint density at radius 1 is 1.47 bits per heavy atom. The zero-order valence-corrected chi connectivity index (χ0v) is 9.48. The van der Waals surface area contributed by atoms with E-state index < -0.39 is 11.6 Å². The molecule has 5 heteroatoms. The van der Waals surface area contributed by atoms with Gasteiger partial charge in [0.2, 0.25) is 0 Å². The number of rotatable bonds is 2. The summed E-state index contributed by atoms with van der Waals surface area (Å²) >= 11 is 5.86. The van der Waals surface area contributed by atoms with Gasteiger partial charge in [0.05, 0.1) is 0 Å². The SMILES string of the molecule is Cl.N[C@H](c1c(Cl)ccc(F)c1O)C1CC1. The van der Waals surface area contributed by atoms with Gasteiger partial charge in [-0.05, 0) is 30.9 Å². The van der Waals surface area contributed by atoms with Crippen molar-refractivity contribution in [1.82, 2.24) is 0 Å². The summed E-state index contributed by atoms with van der Waals surface area (Å²) in [6.07, 6.45) is 2.04. The number of phenols is 1. The highest BCUT2D eigenvalue weighted by Gasteiger charge is 2.33. The van der Waals surface area contributed by atoms with Crippen molar-refractivity contribution < 1.29 is 9.50 Å². The minimum atomic E-state index is -0.666. The number of benzene rings is 1. The summed E-state index contributed by atoms with van der Waals surface area (Å²) < 4.78 is 13.0. The molecule has 0 unspecified atom stereocenters. The molecule has 0 amide bonds. The second-order valence-electron chi connectivity index (χ2n) is 3.65. The van der Waals surface area contributed by atoms with Crippen LogP contribution in [0, 0.1) is 11.7 Å². The maximum atomic E-state index is 13.0. The van der Waals surface area contributed by atoms with Crippen LogP contribution in [0.2, 0.25) is 5.02 Å². The number of halogens is 3. The third kappa shape index (κ3) is 2.36. The Balaban J connectivity index is 0.00000112. The van der Waals surface area contributed by atoms with Gasteiger partial charge in [0.1, 0.15) is 0 Å². The van der Waals surface area contributed by atoms with Gasteiger partial charge in [-0.2, -0.15) is 0 Å². The van der Waals surface area contributed by atoms with E-state index in [1.54, 1.807) is 0 Å². The topological polar surface area (TPSA) is 46.2 Å². The Bertz CT molecular complexity index is 369. The number of aromatic hydroxyl groups is 1. The zero-order valence-electron chi connectivity index (χ0n) is 7.91. The zero-order chi connectivity index (χ0) is 10.3. The normalized spacial score (nSPS) is 17.0. The van der Waals surface area contributed by atoms with Crippen molar-refractivity contribution in [3.8, 4) is 5.75 Å². The fraction of sp³-hybridized carbons (Fsp3) is 0.400. The third-order valence-corrected chi connectivity index (χ3v) is 2.91. The first-order valence-electron chi connectivity index (χ1n) is 4.53. The third-order valence-electron chi connectivity index (χ3n) is 2.58. The van der Waals surface area contributed by atoms with E-state index in [-0.39, 0.29) is 18.4 Å². The summed E-state index contributed by atoms with van der Waals surface area (Å²) in [5.74, 6) is -0.738. The first kappa shape index (κ1) is 12.6. The van der Waals surface area contributed by atoms with Gasteiger partial charge in [-0.25, -0.2) is 4.39 Å². The van der Waals surface area contributed by atoms with Crippen LogP contribution in [0.5, 0.6) is 5.75 Å². The van der Waals surface area contributed by atoms with Crippen molar-refractivity contribution in [3.05, 3.63) is 28.5 Å². The van der Waals surface area contributed by atoms with Crippen molar-refractivity contribution in [2.45, 2.75) is 18.9 Å². The predicted molar refractivity (Wildman–Crippen MR) is 60.0 cm³/mol. The van der Waals surface area contributed by atoms with E-state index in [1.165, 1.54) is 6.07 Å². The highest BCUT2D eigenvalue weighted by Crippen LogP contribution is 2.44. The number of phenolic OH excluding ortho intramolecular Hbond substituents is 1. The van der Waals surface area contributed by atoms with Gasteiger partial charge in [0.25, 0.3) is 0 Å². The van der Waals surface area contributed by atoms with Crippen LogP contribution < -0.4 is 5.73 Å². The van der Waals surface area contributed by atoms with Crippen LogP contribution in [0.3, 0.4) is 0 Å². The fourth-order valence-corrected chi connectivity index (χ4v) is 1.84. The molecule has 0 aliphatic heterocycles. The second kappa shape index (κ2) is 4.56. The molecule has 2 rings (SSSR count). The Morgan fingerprint density at radius 3 is 2.60 bits per heavy atom. The lowest BCUT2D eigenvalue weighted by Crippen LogP contribution is -2.13. The molecule has 0 spiro atoms. The molecule has 0 bridgehead atoms. The molecule has 1 saturated carbocycles. The van der Waals surface area contributed by atoms with Gasteiger partial charge in [-0.15, -0.1) is 12.4 Å². The van der Waals surface area contributed by atoms with Gasteiger partial charge in [-0.3, -0.25) is 0 Å². The number of hydrogen-bond donors (Lipinski definition) is 2. The molecular formula is C10H12Cl2FNO. The quantitative estimate of drug-likeness (QED) is 0.849. The van der Waals surface area contributed by atoms with Gasteiger partial charge < -0.3 is 10.8 Å². The minimum absolute atomic E-state index is 0. The monoisotopic (exact) mass is 251 g/mol. The van der Waals surface area contributed by atoms with Crippen molar-refractivity contribution in [2.24, 2.45) is 11.7 Å².